The van der Waals surface area contributed by atoms with Crippen molar-refractivity contribution in [3.63, 3.8) is 0 Å². The minimum Gasteiger partial charge on any atom is -0.478 e. The second-order valence-electron chi connectivity index (χ2n) is 3.24. The summed E-state index contributed by atoms with van der Waals surface area (Å²) in [5.74, 6) is -2.32. The van der Waals surface area contributed by atoms with E-state index in [0.29, 0.717) is 5.56 Å². The van der Waals surface area contributed by atoms with Crippen molar-refractivity contribution in [2.75, 3.05) is 0 Å². The summed E-state index contributed by atoms with van der Waals surface area (Å²) < 4.78 is 0.202. The normalized spacial score (nSPS) is 10.2. The van der Waals surface area contributed by atoms with Crippen LogP contribution in [-0.2, 0) is 0 Å². The Morgan fingerprint density at radius 2 is 1.50 bits per heavy atom. The summed E-state index contributed by atoms with van der Waals surface area (Å²) in [6, 6.07) is 0. The molecule has 0 saturated carbocycles. The third-order valence-corrected chi connectivity index (χ3v) is 3.74. The van der Waals surface area contributed by atoms with Gasteiger partial charge in [0, 0.05) is 4.47 Å². The fraction of sp³-hybridized carbons (Fsp3) is 0.200. The van der Waals surface area contributed by atoms with Crippen molar-refractivity contribution in [1.82, 2.24) is 0 Å². The van der Waals surface area contributed by atoms with Gasteiger partial charge in [-0.3, -0.25) is 0 Å². The van der Waals surface area contributed by atoms with Crippen LogP contribution in [0.1, 0.15) is 31.8 Å². The molecule has 1 aromatic carbocycles. The number of benzene rings is 1. The van der Waals surface area contributed by atoms with Crippen LogP contribution in [0.4, 0.5) is 0 Å². The number of hydrogen-bond donors (Lipinski definition) is 2. The lowest BCUT2D eigenvalue weighted by atomic mass is 9.99. The van der Waals surface area contributed by atoms with Gasteiger partial charge >= 0.3 is 11.9 Å². The second kappa shape index (κ2) is 4.43. The van der Waals surface area contributed by atoms with Crippen LogP contribution in [-0.4, -0.2) is 22.2 Å². The maximum atomic E-state index is 11.0. The van der Waals surface area contributed by atoms with Crippen molar-refractivity contribution in [3.05, 3.63) is 31.7 Å². The molecule has 0 saturated heterocycles. The first-order valence-electron chi connectivity index (χ1n) is 4.23. The third-order valence-electron chi connectivity index (χ3n) is 2.28. The zero-order chi connectivity index (χ0) is 12.6. The first-order valence-corrected chi connectivity index (χ1v) is 5.40. The minimum absolute atomic E-state index is 0.0295. The van der Waals surface area contributed by atoms with Crippen molar-refractivity contribution in [3.8, 4) is 0 Å². The van der Waals surface area contributed by atoms with Crippen LogP contribution < -0.4 is 0 Å². The predicted molar refractivity (Wildman–Crippen MR) is 62.5 cm³/mol. The second-order valence-corrected chi connectivity index (χ2v) is 4.41. The molecule has 6 heteroatoms. The van der Waals surface area contributed by atoms with Gasteiger partial charge in [-0.05, 0) is 40.9 Å². The molecule has 0 unspecified atom stereocenters. The van der Waals surface area contributed by atoms with Crippen molar-refractivity contribution < 1.29 is 19.8 Å². The van der Waals surface area contributed by atoms with E-state index < -0.39 is 11.9 Å². The standard InChI is InChI=1S/C10H8BrClO4/c1-3-5(9(13)14)4(2)8(12)6(7(3)11)10(15)16/h1-2H3,(H,13,14)(H,15,16). The van der Waals surface area contributed by atoms with Crippen LogP contribution in [0.2, 0.25) is 5.02 Å². The van der Waals surface area contributed by atoms with Gasteiger partial charge in [0.05, 0.1) is 16.1 Å². The monoisotopic (exact) mass is 306 g/mol. The number of carboxylic acids is 2. The van der Waals surface area contributed by atoms with E-state index in [1.807, 2.05) is 0 Å². The summed E-state index contributed by atoms with van der Waals surface area (Å²) >= 11 is 8.90. The van der Waals surface area contributed by atoms with E-state index in [-0.39, 0.29) is 26.2 Å². The number of rotatable bonds is 2. The summed E-state index contributed by atoms with van der Waals surface area (Å²) in [7, 11) is 0. The Morgan fingerprint density at radius 1 is 1.06 bits per heavy atom. The molecule has 0 heterocycles. The van der Waals surface area contributed by atoms with E-state index in [4.69, 9.17) is 21.8 Å². The average Bonchev–Trinajstić information content (AvgIpc) is 2.14. The van der Waals surface area contributed by atoms with Crippen molar-refractivity contribution in [1.29, 1.82) is 0 Å². The van der Waals surface area contributed by atoms with E-state index in [1.165, 1.54) is 13.8 Å². The third kappa shape index (κ3) is 1.92. The van der Waals surface area contributed by atoms with Crippen molar-refractivity contribution >= 4 is 39.5 Å². The first-order chi connectivity index (χ1) is 7.29. The van der Waals surface area contributed by atoms with Gasteiger partial charge in [0.2, 0.25) is 0 Å². The summed E-state index contributed by atoms with van der Waals surface area (Å²) in [6.07, 6.45) is 0. The van der Waals surface area contributed by atoms with E-state index >= 15 is 0 Å². The lowest BCUT2D eigenvalue weighted by Gasteiger charge is -2.13. The lowest BCUT2D eigenvalue weighted by molar-refractivity contribution is 0.0679. The maximum Gasteiger partial charge on any atom is 0.338 e. The number of hydrogen-bond acceptors (Lipinski definition) is 2. The minimum atomic E-state index is -1.19. The van der Waals surface area contributed by atoms with Gasteiger partial charge in [0.25, 0.3) is 0 Å². The fourth-order valence-corrected chi connectivity index (χ4v) is 2.43. The lowest BCUT2D eigenvalue weighted by Crippen LogP contribution is -2.10. The maximum absolute atomic E-state index is 11.0. The highest BCUT2D eigenvalue weighted by atomic mass is 79.9. The van der Waals surface area contributed by atoms with Crippen molar-refractivity contribution in [2.45, 2.75) is 13.8 Å². The Labute approximate surface area is 105 Å². The van der Waals surface area contributed by atoms with Crippen LogP contribution in [0, 0.1) is 13.8 Å². The Morgan fingerprint density at radius 3 is 1.88 bits per heavy atom. The molecular formula is C10H8BrClO4. The van der Waals surface area contributed by atoms with Gasteiger partial charge < -0.3 is 10.2 Å². The quantitative estimate of drug-likeness (QED) is 0.880. The van der Waals surface area contributed by atoms with Crippen LogP contribution in [0.3, 0.4) is 0 Å². The molecular weight excluding hydrogens is 299 g/mol. The van der Waals surface area contributed by atoms with Crippen LogP contribution in [0.5, 0.6) is 0 Å². The highest BCUT2D eigenvalue weighted by molar-refractivity contribution is 9.10. The number of carboxylic acid groups (broad SMARTS) is 2. The highest BCUT2D eigenvalue weighted by Crippen LogP contribution is 2.34. The zero-order valence-electron chi connectivity index (χ0n) is 8.47. The molecule has 0 aliphatic carbocycles. The molecule has 0 aliphatic rings. The summed E-state index contributed by atoms with van der Waals surface area (Å²) in [5, 5.41) is 17.9. The number of aromatic carboxylic acids is 2. The Bertz CT molecular complexity index is 422. The molecule has 0 amide bonds. The number of halogens is 2. The molecule has 0 radical (unpaired) electrons. The Kier molecular flexibility index (Phi) is 3.60. The molecule has 0 atom stereocenters. The first kappa shape index (κ1) is 13.0. The fourth-order valence-electron chi connectivity index (χ4n) is 1.48. The Hall–Kier alpha value is -1.07. The van der Waals surface area contributed by atoms with Crippen molar-refractivity contribution in [2.24, 2.45) is 0 Å². The molecule has 86 valence electrons. The van der Waals surface area contributed by atoms with E-state index in [2.05, 4.69) is 15.9 Å². The van der Waals surface area contributed by atoms with Gasteiger partial charge in [-0.1, -0.05) is 11.6 Å². The molecule has 0 fully saturated rings. The smallest absolute Gasteiger partial charge is 0.338 e. The molecule has 0 spiro atoms. The van der Waals surface area contributed by atoms with E-state index in [1.54, 1.807) is 0 Å². The van der Waals surface area contributed by atoms with Gasteiger partial charge in [-0.25, -0.2) is 9.59 Å². The van der Waals surface area contributed by atoms with Crippen LogP contribution in [0.25, 0.3) is 0 Å². The molecule has 16 heavy (non-hydrogen) atoms. The predicted octanol–water partition coefficient (Wildman–Crippen LogP) is 3.12. The topological polar surface area (TPSA) is 74.6 Å². The van der Waals surface area contributed by atoms with Crippen LogP contribution >= 0.6 is 27.5 Å². The molecule has 0 aromatic heterocycles. The molecule has 4 nitrogen and oxygen atoms in total. The van der Waals surface area contributed by atoms with E-state index in [0.717, 1.165) is 0 Å². The van der Waals surface area contributed by atoms with Gasteiger partial charge in [0.1, 0.15) is 0 Å². The summed E-state index contributed by atoms with van der Waals surface area (Å²) in [4.78, 5) is 22.0. The van der Waals surface area contributed by atoms with E-state index in [9.17, 15) is 9.59 Å². The Balaban J connectivity index is 3.77. The number of carbonyl (C=O) groups is 2. The SMILES string of the molecule is Cc1c(Cl)c(C(=O)O)c(Br)c(C)c1C(=O)O. The highest BCUT2D eigenvalue weighted by Gasteiger charge is 2.24. The summed E-state index contributed by atoms with van der Waals surface area (Å²) in [5.41, 5.74) is 0.530. The zero-order valence-corrected chi connectivity index (χ0v) is 10.8. The molecule has 1 rings (SSSR count). The largest absolute Gasteiger partial charge is 0.478 e. The molecule has 0 aliphatic heterocycles. The van der Waals surface area contributed by atoms with Gasteiger partial charge in [0.15, 0.2) is 0 Å². The summed E-state index contributed by atoms with van der Waals surface area (Å²) in [6.45, 7) is 3.01. The molecule has 2 N–H and O–H groups in total. The van der Waals surface area contributed by atoms with Gasteiger partial charge in [-0.15, -0.1) is 0 Å². The molecule has 1 aromatic rings. The average molecular weight is 308 g/mol. The van der Waals surface area contributed by atoms with Crippen LogP contribution in [0.15, 0.2) is 4.47 Å². The van der Waals surface area contributed by atoms with Gasteiger partial charge in [-0.2, -0.15) is 0 Å². The molecule has 0 bridgehead atoms.